The van der Waals surface area contributed by atoms with Crippen LogP contribution in [-0.4, -0.2) is 18.2 Å². The van der Waals surface area contributed by atoms with Crippen LogP contribution < -0.4 is 5.73 Å². The first-order valence-electron chi connectivity index (χ1n) is 6.25. The smallest absolute Gasteiger partial charge is 0.0469 e. The standard InChI is InChI=1S/C14H18N2O.ClH/c15-14(10-4-7-17-8-5-10)12-1-2-13-11(9-12)3-6-16-13;/h1-3,6,9-10,14,16H,4-5,7-8,15H2;1H/t14-;/m0./s1. The molecule has 1 fully saturated rings. The second kappa shape index (κ2) is 5.74. The van der Waals surface area contributed by atoms with Crippen molar-refractivity contribution >= 4 is 23.3 Å². The molecule has 3 nitrogen and oxygen atoms in total. The molecule has 1 aromatic carbocycles. The summed E-state index contributed by atoms with van der Waals surface area (Å²) in [5, 5.41) is 1.24. The van der Waals surface area contributed by atoms with Crippen LogP contribution in [0.2, 0.25) is 0 Å². The lowest BCUT2D eigenvalue weighted by atomic mass is 9.87. The molecule has 0 amide bonds. The Bertz CT molecular complexity index is 505. The highest BCUT2D eigenvalue weighted by Gasteiger charge is 2.22. The third-order valence-electron chi connectivity index (χ3n) is 3.74. The fraction of sp³-hybridized carbons (Fsp3) is 0.429. The maximum Gasteiger partial charge on any atom is 0.0469 e. The maximum atomic E-state index is 6.36. The topological polar surface area (TPSA) is 51.0 Å². The van der Waals surface area contributed by atoms with Crippen molar-refractivity contribution in [1.29, 1.82) is 0 Å². The number of H-pyrrole nitrogens is 1. The van der Waals surface area contributed by atoms with Gasteiger partial charge in [-0.05, 0) is 47.9 Å². The Morgan fingerprint density at radius 1 is 1.22 bits per heavy atom. The molecular formula is C14H19ClN2O. The van der Waals surface area contributed by atoms with Gasteiger partial charge in [-0.2, -0.15) is 0 Å². The molecule has 3 rings (SSSR count). The van der Waals surface area contributed by atoms with Crippen LogP contribution in [0.25, 0.3) is 10.9 Å². The Kier molecular flexibility index (Phi) is 4.27. The summed E-state index contributed by atoms with van der Waals surface area (Å²) >= 11 is 0. The number of hydrogen-bond acceptors (Lipinski definition) is 2. The Labute approximate surface area is 113 Å². The van der Waals surface area contributed by atoms with E-state index >= 15 is 0 Å². The summed E-state index contributed by atoms with van der Waals surface area (Å²) in [6, 6.07) is 8.68. The van der Waals surface area contributed by atoms with E-state index in [9.17, 15) is 0 Å². The van der Waals surface area contributed by atoms with Crippen molar-refractivity contribution < 1.29 is 4.74 Å². The van der Waals surface area contributed by atoms with Crippen molar-refractivity contribution in [3.63, 3.8) is 0 Å². The SMILES string of the molecule is Cl.N[C@H](c1ccc2[nH]ccc2c1)C1CCOCC1. The van der Waals surface area contributed by atoms with Gasteiger partial charge >= 0.3 is 0 Å². The highest BCUT2D eigenvalue weighted by atomic mass is 35.5. The average molecular weight is 267 g/mol. The number of nitrogens with one attached hydrogen (secondary N) is 1. The molecule has 1 aliphatic heterocycles. The highest BCUT2D eigenvalue weighted by Crippen LogP contribution is 2.29. The lowest BCUT2D eigenvalue weighted by Gasteiger charge is -2.27. The molecule has 2 heterocycles. The van der Waals surface area contributed by atoms with Crippen molar-refractivity contribution in [3.8, 4) is 0 Å². The quantitative estimate of drug-likeness (QED) is 0.878. The van der Waals surface area contributed by atoms with Gasteiger partial charge in [-0.15, -0.1) is 12.4 Å². The number of ether oxygens (including phenoxy) is 1. The van der Waals surface area contributed by atoms with Crippen LogP contribution in [0.5, 0.6) is 0 Å². The molecule has 18 heavy (non-hydrogen) atoms. The number of fused-ring (bicyclic) bond motifs is 1. The zero-order valence-electron chi connectivity index (χ0n) is 10.3. The van der Waals surface area contributed by atoms with Gasteiger partial charge in [0.2, 0.25) is 0 Å². The normalized spacial score (nSPS) is 18.5. The third kappa shape index (κ3) is 2.53. The predicted molar refractivity (Wildman–Crippen MR) is 76.0 cm³/mol. The molecule has 1 aliphatic rings. The predicted octanol–water partition coefficient (Wildman–Crippen LogP) is 3.02. The minimum atomic E-state index is 0. The number of nitrogens with two attached hydrogens (primary N) is 1. The molecule has 3 N–H and O–H groups in total. The van der Waals surface area contributed by atoms with E-state index in [2.05, 4.69) is 29.2 Å². The summed E-state index contributed by atoms with van der Waals surface area (Å²) in [7, 11) is 0. The maximum absolute atomic E-state index is 6.36. The van der Waals surface area contributed by atoms with Crippen LogP contribution in [0.4, 0.5) is 0 Å². The minimum absolute atomic E-state index is 0. The summed E-state index contributed by atoms with van der Waals surface area (Å²) < 4.78 is 5.38. The molecular weight excluding hydrogens is 248 g/mol. The van der Waals surface area contributed by atoms with E-state index in [0.29, 0.717) is 5.92 Å². The second-order valence-electron chi connectivity index (χ2n) is 4.80. The van der Waals surface area contributed by atoms with E-state index in [1.165, 1.54) is 16.5 Å². The summed E-state index contributed by atoms with van der Waals surface area (Å²) in [4.78, 5) is 3.20. The van der Waals surface area contributed by atoms with E-state index in [1.54, 1.807) is 0 Å². The van der Waals surface area contributed by atoms with Gasteiger partial charge in [-0.1, -0.05) is 6.07 Å². The fourth-order valence-corrected chi connectivity index (χ4v) is 2.63. The highest BCUT2D eigenvalue weighted by molar-refractivity contribution is 5.85. The lowest BCUT2D eigenvalue weighted by Crippen LogP contribution is -2.27. The van der Waals surface area contributed by atoms with Crippen LogP contribution in [-0.2, 0) is 4.74 Å². The van der Waals surface area contributed by atoms with Gasteiger partial charge < -0.3 is 15.5 Å². The molecule has 0 saturated carbocycles. The number of aromatic amines is 1. The lowest BCUT2D eigenvalue weighted by molar-refractivity contribution is 0.0584. The van der Waals surface area contributed by atoms with E-state index in [0.717, 1.165) is 26.1 Å². The monoisotopic (exact) mass is 266 g/mol. The van der Waals surface area contributed by atoms with Crippen molar-refractivity contribution in [2.45, 2.75) is 18.9 Å². The largest absolute Gasteiger partial charge is 0.381 e. The number of aromatic nitrogens is 1. The Morgan fingerprint density at radius 2 is 2.00 bits per heavy atom. The van der Waals surface area contributed by atoms with E-state index in [4.69, 9.17) is 10.5 Å². The number of hydrogen-bond donors (Lipinski definition) is 2. The molecule has 4 heteroatoms. The van der Waals surface area contributed by atoms with Gasteiger partial charge in [0.05, 0.1) is 0 Å². The molecule has 2 aromatic rings. The van der Waals surface area contributed by atoms with Gasteiger partial charge in [-0.3, -0.25) is 0 Å². The third-order valence-corrected chi connectivity index (χ3v) is 3.74. The van der Waals surface area contributed by atoms with Crippen LogP contribution in [0, 0.1) is 5.92 Å². The molecule has 1 aromatic heterocycles. The van der Waals surface area contributed by atoms with Crippen molar-refractivity contribution in [2.24, 2.45) is 11.7 Å². The van der Waals surface area contributed by atoms with Gasteiger partial charge in [0.1, 0.15) is 0 Å². The van der Waals surface area contributed by atoms with Gasteiger partial charge in [0.25, 0.3) is 0 Å². The summed E-state index contributed by atoms with van der Waals surface area (Å²) in [6.45, 7) is 1.70. The van der Waals surface area contributed by atoms with Crippen molar-refractivity contribution in [2.75, 3.05) is 13.2 Å². The number of benzene rings is 1. The molecule has 0 radical (unpaired) electrons. The molecule has 0 bridgehead atoms. The van der Waals surface area contributed by atoms with E-state index < -0.39 is 0 Å². The van der Waals surface area contributed by atoms with Gasteiger partial charge in [-0.25, -0.2) is 0 Å². The molecule has 1 saturated heterocycles. The Morgan fingerprint density at radius 3 is 2.78 bits per heavy atom. The van der Waals surface area contributed by atoms with Crippen molar-refractivity contribution in [3.05, 3.63) is 36.0 Å². The second-order valence-corrected chi connectivity index (χ2v) is 4.80. The molecule has 1 atom stereocenters. The zero-order chi connectivity index (χ0) is 11.7. The zero-order valence-corrected chi connectivity index (χ0v) is 11.1. The number of rotatable bonds is 2. The molecule has 0 spiro atoms. The molecule has 98 valence electrons. The first-order valence-corrected chi connectivity index (χ1v) is 6.25. The van der Waals surface area contributed by atoms with Crippen LogP contribution in [0.3, 0.4) is 0 Å². The minimum Gasteiger partial charge on any atom is -0.381 e. The van der Waals surface area contributed by atoms with Crippen LogP contribution in [0.15, 0.2) is 30.5 Å². The summed E-state index contributed by atoms with van der Waals surface area (Å²) in [6.07, 6.45) is 4.12. The first-order chi connectivity index (χ1) is 8.34. The fourth-order valence-electron chi connectivity index (χ4n) is 2.63. The Balaban J connectivity index is 0.00000120. The van der Waals surface area contributed by atoms with E-state index in [1.807, 2.05) is 6.20 Å². The molecule has 0 unspecified atom stereocenters. The van der Waals surface area contributed by atoms with Gasteiger partial charge in [0, 0.05) is 31.0 Å². The first kappa shape index (κ1) is 13.4. The number of halogens is 1. The Hall–Kier alpha value is -1.03. The van der Waals surface area contributed by atoms with Gasteiger partial charge in [0.15, 0.2) is 0 Å². The van der Waals surface area contributed by atoms with Crippen molar-refractivity contribution in [1.82, 2.24) is 4.98 Å². The summed E-state index contributed by atoms with van der Waals surface area (Å²) in [5.41, 5.74) is 8.78. The average Bonchev–Trinajstić information content (AvgIpc) is 2.86. The van der Waals surface area contributed by atoms with Crippen LogP contribution >= 0.6 is 12.4 Å². The molecule has 0 aliphatic carbocycles. The summed E-state index contributed by atoms with van der Waals surface area (Å²) in [5.74, 6) is 0.556. The van der Waals surface area contributed by atoms with Crippen LogP contribution in [0.1, 0.15) is 24.4 Å². The van der Waals surface area contributed by atoms with E-state index in [-0.39, 0.29) is 18.4 Å².